The van der Waals surface area contributed by atoms with Crippen molar-refractivity contribution in [1.29, 1.82) is 0 Å². The van der Waals surface area contributed by atoms with E-state index in [1.54, 1.807) is 0 Å². The van der Waals surface area contributed by atoms with E-state index in [9.17, 15) is 5.11 Å². The molecule has 0 radical (unpaired) electrons. The molecule has 0 bridgehead atoms. The van der Waals surface area contributed by atoms with Gasteiger partial charge in [-0.15, -0.1) is 23.8 Å². The Morgan fingerprint density at radius 1 is 0.625 bits per heavy atom. The molecule has 0 atom stereocenters. The van der Waals surface area contributed by atoms with Crippen LogP contribution in [0.15, 0.2) is 144 Å². The SMILES string of the molecule is CC(C)(C)c1cc(-c2nc3c(-c4[c-]c(-c5cc6c(cn5)oc5ccccc56)cc(-c5ccccc5)c4)cccc3n2-c2ccccc2)c(O)c(C(C)(C)C)c1.[Pt]. The number of phenolic OH excluding ortho intramolecular Hbond substituents is 1. The smallest absolute Gasteiger partial charge is 0.152 e. The molecule has 0 unspecified atom stereocenters. The maximum absolute atomic E-state index is 12.1. The fraction of sp³-hybridized carbons (Fsp3) is 0.160. The summed E-state index contributed by atoms with van der Waals surface area (Å²) in [6.07, 6.45) is 1.81. The molecule has 280 valence electrons. The molecular formula is C50H42N3O2Pt-. The summed E-state index contributed by atoms with van der Waals surface area (Å²) in [5.74, 6) is 0.934. The molecule has 3 heterocycles. The van der Waals surface area contributed by atoms with Gasteiger partial charge in [0.15, 0.2) is 5.58 Å². The summed E-state index contributed by atoms with van der Waals surface area (Å²) in [6.45, 7) is 13.1. The first-order chi connectivity index (χ1) is 26.4. The second-order valence-corrected chi connectivity index (χ2v) is 16.4. The van der Waals surface area contributed by atoms with Gasteiger partial charge in [0.1, 0.15) is 17.2 Å². The van der Waals surface area contributed by atoms with Crippen LogP contribution in [-0.4, -0.2) is 19.6 Å². The number of benzene rings is 6. The summed E-state index contributed by atoms with van der Waals surface area (Å²) in [6, 6.07) is 49.6. The summed E-state index contributed by atoms with van der Waals surface area (Å²) >= 11 is 0. The van der Waals surface area contributed by atoms with Crippen LogP contribution in [0, 0.1) is 6.07 Å². The van der Waals surface area contributed by atoms with Gasteiger partial charge in [-0.05, 0) is 52.3 Å². The van der Waals surface area contributed by atoms with E-state index in [-0.39, 0.29) is 37.6 Å². The van der Waals surface area contributed by atoms with Crippen molar-refractivity contribution < 1.29 is 30.6 Å². The number of rotatable bonds is 5. The molecule has 6 aromatic carbocycles. The molecule has 0 aliphatic rings. The number of aromatic nitrogens is 3. The second-order valence-electron chi connectivity index (χ2n) is 16.4. The van der Waals surface area contributed by atoms with Crippen molar-refractivity contribution in [3.63, 3.8) is 0 Å². The Balaban J connectivity index is 0.00000441. The Bertz CT molecular complexity index is 2890. The molecule has 0 spiro atoms. The van der Waals surface area contributed by atoms with E-state index < -0.39 is 0 Å². The van der Waals surface area contributed by atoms with Gasteiger partial charge in [0.25, 0.3) is 0 Å². The van der Waals surface area contributed by atoms with Gasteiger partial charge >= 0.3 is 0 Å². The van der Waals surface area contributed by atoms with Crippen molar-refractivity contribution in [1.82, 2.24) is 14.5 Å². The zero-order chi connectivity index (χ0) is 38.1. The fourth-order valence-electron chi connectivity index (χ4n) is 7.57. The Morgan fingerprint density at radius 3 is 2.05 bits per heavy atom. The summed E-state index contributed by atoms with van der Waals surface area (Å²) in [4.78, 5) is 10.4. The van der Waals surface area contributed by atoms with Crippen LogP contribution in [0.2, 0.25) is 0 Å². The average molecular weight is 912 g/mol. The van der Waals surface area contributed by atoms with Crippen molar-refractivity contribution in [2.45, 2.75) is 52.4 Å². The minimum absolute atomic E-state index is 0. The fourth-order valence-corrected chi connectivity index (χ4v) is 7.57. The van der Waals surface area contributed by atoms with Crippen molar-refractivity contribution in [3.05, 3.63) is 157 Å². The monoisotopic (exact) mass is 911 g/mol. The third-order valence-corrected chi connectivity index (χ3v) is 10.5. The van der Waals surface area contributed by atoms with E-state index in [0.717, 1.165) is 83.3 Å². The van der Waals surface area contributed by atoms with E-state index in [4.69, 9.17) is 14.4 Å². The predicted molar refractivity (Wildman–Crippen MR) is 226 cm³/mol. The molecular weight excluding hydrogens is 870 g/mol. The molecule has 9 rings (SSSR count). The Kier molecular flexibility index (Phi) is 9.33. The van der Waals surface area contributed by atoms with Gasteiger partial charge in [-0.25, -0.2) is 4.98 Å². The molecule has 9 aromatic rings. The number of aromatic hydroxyl groups is 1. The summed E-state index contributed by atoms with van der Waals surface area (Å²) in [7, 11) is 0. The van der Waals surface area contributed by atoms with E-state index in [1.807, 2.05) is 48.7 Å². The molecule has 0 aliphatic heterocycles. The normalized spacial score (nSPS) is 12.0. The van der Waals surface area contributed by atoms with Gasteiger partial charge in [0.2, 0.25) is 0 Å². The van der Waals surface area contributed by atoms with Gasteiger partial charge in [-0.1, -0.05) is 149 Å². The first-order valence-electron chi connectivity index (χ1n) is 18.8. The number of furan rings is 1. The maximum Gasteiger partial charge on any atom is 0.152 e. The summed E-state index contributed by atoms with van der Waals surface area (Å²) in [5, 5.41) is 14.2. The number of imidazole rings is 1. The first kappa shape index (κ1) is 37.2. The van der Waals surface area contributed by atoms with Crippen molar-refractivity contribution in [2.75, 3.05) is 0 Å². The molecule has 0 amide bonds. The quantitative estimate of drug-likeness (QED) is 0.175. The Hall–Kier alpha value is -5.77. The Morgan fingerprint density at radius 2 is 1.32 bits per heavy atom. The van der Waals surface area contributed by atoms with Crippen LogP contribution < -0.4 is 0 Å². The molecule has 5 nitrogen and oxygen atoms in total. The van der Waals surface area contributed by atoms with Crippen molar-refractivity contribution in [2.24, 2.45) is 0 Å². The molecule has 3 aromatic heterocycles. The number of pyridine rings is 1. The minimum atomic E-state index is -0.294. The minimum Gasteiger partial charge on any atom is -0.507 e. The van der Waals surface area contributed by atoms with Gasteiger partial charge in [0.05, 0.1) is 22.8 Å². The van der Waals surface area contributed by atoms with Gasteiger partial charge in [-0.2, -0.15) is 0 Å². The van der Waals surface area contributed by atoms with Crippen LogP contribution in [0.5, 0.6) is 5.75 Å². The number of para-hydroxylation sites is 3. The molecule has 0 aliphatic carbocycles. The van der Waals surface area contributed by atoms with Crippen LogP contribution in [0.1, 0.15) is 52.7 Å². The molecule has 0 saturated carbocycles. The van der Waals surface area contributed by atoms with Crippen molar-refractivity contribution in [3.8, 4) is 56.3 Å². The average Bonchev–Trinajstić information content (AvgIpc) is 3.76. The van der Waals surface area contributed by atoms with E-state index >= 15 is 0 Å². The van der Waals surface area contributed by atoms with E-state index in [2.05, 4.69) is 143 Å². The van der Waals surface area contributed by atoms with E-state index in [0.29, 0.717) is 11.4 Å². The van der Waals surface area contributed by atoms with Crippen LogP contribution >= 0.6 is 0 Å². The van der Waals surface area contributed by atoms with Crippen LogP contribution in [0.25, 0.3) is 83.6 Å². The van der Waals surface area contributed by atoms with Crippen molar-refractivity contribution >= 4 is 33.0 Å². The second kappa shape index (κ2) is 14.1. The van der Waals surface area contributed by atoms with Gasteiger partial charge < -0.3 is 9.52 Å². The molecule has 0 fully saturated rings. The standard InChI is InChI=1S/C50H42N3O2.Pt/c1-49(2,3)35-27-40(47(54)41(28-35)50(4,5)6)48-52-46-37(21-15-22-43(46)53(48)36-18-11-8-12-19-36)33-24-32(31-16-9-7-10-17-31)25-34(26-33)42-29-39-38-20-13-14-23-44(38)55-45(39)30-51-42;/h7-25,27-30,54H,1-6H3;/q-1;. The van der Waals surface area contributed by atoms with Gasteiger partial charge in [0, 0.05) is 48.8 Å². The van der Waals surface area contributed by atoms with Crippen LogP contribution in [0.3, 0.4) is 0 Å². The van der Waals surface area contributed by atoms with Crippen LogP contribution in [-0.2, 0) is 31.9 Å². The Labute approximate surface area is 342 Å². The third-order valence-electron chi connectivity index (χ3n) is 10.5. The molecule has 6 heteroatoms. The predicted octanol–water partition coefficient (Wildman–Crippen LogP) is 13.1. The zero-order valence-electron chi connectivity index (χ0n) is 32.3. The summed E-state index contributed by atoms with van der Waals surface area (Å²) < 4.78 is 8.30. The van der Waals surface area contributed by atoms with Gasteiger partial charge in [-0.3, -0.25) is 9.55 Å². The van der Waals surface area contributed by atoms with Crippen LogP contribution in [0.4, 0.5) is 0 Å². The zero-order valence-corrected chi connectivity index (χ0v) is 34.6. The number of phenols is 1. The molecule has 1 N–H and O–H groups in total. The number of hydrogen-bond acceptors (Lipinski definition) is 4. The number of hydrogen-bond donors (Lipinski definition) is 1. The third kappa shape index (κ3) is 6.54. The van der Waals surface area contributed by atoms with E-state index in [1.165, 1.54) is 0 Å². The maximum atomic E-state index is 12.1. The molecule has 56 heavy (non-hydrogen) atoms. The number of nitrogens with zero attached hydrogens (tertiary/aromatic N) is 3. The summed E-state index contributed by atoms with van der Waals surface area (Å²) in [5.41, 5.74) is 12.2. The topological polar surface area (TPSA) is 64.1 Å². The largest absolute Gasteiger partial charge is 0.507 e. The molecule has 0 saturated heterocycles. The number of fused-ring (bicyclic) bond motifs is 4. The first-order valence-corrected chi connectivity index (χ1v) is 18.8.